The van der Waals surface area contributed by atoms with Gasteiger partial charge in [-0.2, -0.15) is 0 Å². The van der Waals surface area contributed by atoms with Gasteiger partial charge >= 0.3 is 0 Å². The van der Waals surface area contributed by atoms with Crippen LogP contribution in [0.3, 0.4) is 0 Å². The van der Waals surface area contributed by atoms with E-state index in [1.54, 1.807) is 23.9 Å². The Morgan fingerprint density at radius 1 is 1.00 bits per heavy atom. The molecule has 2 amide bonds. The van der Waals surface area contributed by atoms with Gasteiger partial charge in [-0.1, -0.05) is 60.5 Å². The second-order valence-corrected chi connectivity index (χ2v) is 9.53. The molecule has 0 saturated heterocycles. The number of nitrogens with zero attached hydrogens (tertiary/aromatic N) is 4. The lowest BCUT2D eigenvalue weighted by atomic mass is 10.0. The number of methoxy groups -OCH3 is 1. The van der Waals surface area contributed by atoms with Gasteiger partial charge in [0.25, 0.3) is 0 Å². The highest BCUT2D eigenvalue weighted by molar-refractivity contribution is 6.03. The van der Waals surface area contributed by atoms with Gasteiger partial charge in [-0.15, -0.1) is 5.10 Å². The third-order valence-corrected chi connectivity index (χ3v) is 7.04. The summed E-state index contributed by atoms with van der Waals surface area (Å²) in [6, 6.07) is 21.1. The average Bonchev–Trinajstić information content (AvgIpc) is 3.62. The molecule has 1 heterocycles. The predicted octanol–water partition coefficient (Wildman–Crippen LogP) is 4.67. The van der Waals surface area contributed by atoms with E-state index in [1.807, 2.05) is 67.6 Å². The lowest BCUT2D eigenvalue weighted by Gasteiger charge is -2.33. The van der Waals surface area contributed by atoms with Crippen molar-refractivity contribution in [2.24, 2.45) is 0 Å². The van der Waals surface area contributed by atoms with Crippen LogP contribution in [0.2, 0.25) is 0 Å². The summed E-state index contributed by atoms with van der Waals surface area (Å²) in [6.45, 7) is 2.19. The van der Waals surface area contributed by atoms with Gasteiger partial charge in [0.15, 0.2) is 0 Å². The summed E-state index contributed by atoms with van der Waals surface area (Å²) < 4.78 is 13.2. The first-order chi connectivity index (χ1) is 19.1. The summed E-state index contributed by atoms with van der Waals surface area (Å²) in [7, 11) is 1.55. The molecule has 4 aromatic rings. The maximum absolute atomic E-state index is 14.3. The lowest BCUT2D eigenvalue weighted by molar-refractivity contribution is -0.127. The Hall–Kier alpha value is -4.40. The number of anilines is 1. The molecule has 9 heteroatoms. The summed E-state index contributed by atoms with van der Waals surface area (Å²) in [5.74, 6) is 0.414. The van der Waals surface area contributed by atoms with E-state index in [0.717, 1.165) is 31.2 Å². The van der Waals surface area contributed by atoms with Gasteiger partial charge in [-0.3, -0.25) is 14.5 Å². The number of fused-ring (bicyclic) bond motifs is 1. The molecule has 1 atom stereocenters. The van der Waals surface area contributed by atoms with Crippen molar-refractivity contribution < 1.29 is 19.1 Å². The van der Waals surface area contributed by atoms with E-state index in [0.29, 0.717) is 34.9 Å². The Morgan fingerprint density at radius 2 is 1.69 bits per heavy atom. The van der Waals surface area contributed by atoms with Crippen molar-refractivity contribution in [3.05, 3.63) is 78.4 Å². The molecule has 0 radical (unpaired) electrons. The molecule has 1 N–H and O–H groups in total. The molecular formula is C30H33N5O4. The predicted molar refractivity (Wildman–Crippen MR) is 149 cm³/mol. The van der Waals surface area contributed by atoms with Crippen LogP contribution >= 0.6 is 0 Å². The van der Waals surface area contributed by atoms with Gasteiger partial charge in [0, 0.05) is 11.6 Å². The molecule has 202 valence electrons. The monoisotopic (exact) mass is 527 g/mol. The molecule has 1 aliphatic rings. The zero-order valence-electron chi connectivity index (χ0n) is 22.2. The van der Waals surface area contributed by atoms with Crippen LogP contribution < -0.4 is 19.7 Å². The number of ether oxygens (including phenoxy) is 2. The number of benzene rings is 3. The Labute approximate surface area is 227 Å². The highest BCUT2D eigenvalue weighted by Gasteiger charge is 2.37. The van der Waals surface area contributed by atoms with Crippen LogP contribution in [0.15, 0.2) is 72.8 Å². The number of carbonyl (C=O) groups is 2. The first kappa shape index (κ1) is 26.2. The van der Waals surface area contributed by atoms with E-state index >= 15 is 0 Å². The molecule has 1 fully saturated rings. The summed E-state index contributed by atoms with van der Waals surface area (Å²) in [5.41, 5.74) is 2.49. The second kappa shape index (κ2) is 12.0. The molecule has 1 aliphatic carbocycles. The molecule has 1 aromatic heterocycles. The van der Waals surface area contributed by atoms with Crippen LogP contribution in [-0.2, 0) is 16.1 Å². The summed E-state index contributed by atoms with van der Waals surface area (Å²) in [6.07, 6.45) is 3.97. The first-order valence-corrected chi connectivity index (χ1v) is 13.4. The third kappa shape index (κ3) is 5.57. The highest BCUT2D eigenvalue weighted by Crippen LogP contribution is 2.38. The SMILES string of the molecule is CCOc1ccccc1C(C(=O)NC1CCCC1)N(C(=O)Cn1nnc2ccccc21)c1ccccc1OC. The minimum absolute atomic E-state index is 0.0631. The normalized spacial score (nSPS) is 14.2. The first-order valence-electron chi connectivity index (χ1n) is 13.4. The number of carbonyl (C=O) groups excluding carboxylic acids is 2. The van der Waals surface area contributed by atoms with Crippen LogP contribution in [0.5, 0.6) is 11.5 Å². The molecule has 1 unspecified atom stereocenters. The minimum atomic E-state index is -1.01. The van der Waals surface area contributed by atoms with E-state index in [2.05, 4.69) is 15.6 Å². The second-order valence-electron chi connectivity index (χ2n) is 9.53. The Balaban J connectivity index is 1.63. The topological polar surface area (TPSA) is 98.6 Å². The Morgan fingerprint density at radius 3 is 2.46 bits per heavy atom. The molecule has 9 nitrogen and oxygen atoms in total. The van der Waals surface area contributed by atoms with Crippen LogP contribution in [0.1, 0.15) is 44.2 Å². The molecule has 0 spiro atoms. The fraction of sp³-hybridized carbons (Fsp3) is 0.333. The molecule has 39 heavy (non-hydrogen) atoms. The molecule has 3 aromatic carbocycles. The van der Waals surface area contributed by atoms with Crippen molar-refractivity contribution in [3.63, 3.8) is 0 Å². The van der Waals surface area contributed by atoms with Crippen molar-refractivity contribution in [1.29, 1.82) is 0 Å². The fourth-order valence-corrected chi connectivity index (χ4v) is 5.23. The maximum Gasteiger partial charge on any atom is 0.249 e. The summed E-state index contributed by atoms with van der Waals surface area (Å²) in [4.78, 5) is 30.0. The van der Waals surface area contributed by atoms with Gasteiger partial charge in [-0.05, 0) is 50.1 Å². The van der Waals surface area contributed by atoms with E-state index in [1.165, 1.54) is 4.90 Å². The van der Waals surface area contributed by atoms with E-state index in [-0.39, 0.29) is 24.4 Å². The molecule has 0 bridgehead atoms. The number of amides is 2. The minimum Gasteiger partial charge on any atom is -0.495 e. The molecule has 1 saturated carbocycles. The van der Waals surface area contributed by atoms with E-state index in [4.69, 9.17) is 9.47 Å². The van der Waals surface area contributed by atoms with Crippen molar-refractivity contribution in [2.75, 3.05) is 18.6 Å². The standard InChI is InChI=1S/C30H33N5O4/c1-3-39-26-18-10-6-14-22(26)29(30(37)31-21-12-4-5-13-21)35(25-17-9-11-19-27(25)38-2)28(36)20-34-24-16-8-7-15-23(24)32-33-34/h6-11,14-19,21,29H,3-5,12-13,20H2,1-2H3,(H,31,37). The smallest absolute Gasteiger partial charge is 0.249 e. The van der Waals surface area contributed by atoms with E-state index < -0.39 is 6.04 Å². The largest absolute Gasteiger partial charge is 0.495 e. The van der Waals surface area contributed by atoms with E-state index in [9.17, 15) is 9.59 Å². The van der Waals surface area contributed by atoms with Crippen molar-refractivity contribution in [3.8, 4) is 11.5 Å². The van der Waals surface area contributed by atoms with Crippen LogP contribution in [0, 0.1) is 0 Å². The summed E-state index contributed by atoms with van der Waals surface area (Å²) in [5, 5.41) is 11.6. The zero-order valence-corrected chi connectivity index (χ0v) is 22.2. The number of hydrogen-bond donors (Lipinski definition) is 1. The molecule has 0 aliphatic heterocycles. The number of rotatable bonds is 10. The summed E-state index contributed by atoms with van der Waals surface area (Å²) >= 11 is 0. The molecular weight excluding hydrogens is 494 g/mol. The van der Waals surface area contributed by atoms with Gasteiger partial charge in [-0.25, -0.2) is 4.68 Å². The Bertz CT molecular complexity index is 1450. The number of para-hydroxylation sites is 4. The van der Waals surface area contributed by atoms with Crippen LogP contribution in [-0.4, -0.2) is 46.6 Å². The van der Waals surface area contributed by atoms with Gasteiger partial charge in [0.1, 0.15) is 29.6 Å². The number of hydrogen-bond acceptors (Lipinski definition) is 6. The zero-order chi connectivity index (χ0) is 27.2. The van der Waals surface area contributed by atoms with Gasteiger partial charge in [0.2, 0.25) is 11.8 Å². The number of nitrogens with one attached hydrogen (secondary N) is 1. The van der Waals surface area contributed by atoms with Crippen molar-refractivity contribution in [1.82, 2.24) is 20.3 Å². The van der Waals surface area contributed by atoms with Crippen molar-refractivity contribution in [2.45, 2.75) is 51.2 Å². The Kier molecular flexibility index (Phi) is 8.05. The highest BCUT2D eigenvalue weighted by atomic mass is 16.5. The van der Waals surface area contributed by atoms with Crippen molar-refractivity contribution >= 4 is 28.5 Å². The van der Waals surface area contributed by atoms with Crippen LogP contribution in [0.25, 0.3) is 11.0 Å². The quantitative estimate of drug-likeness (QED) is 0.322. The van der Waals surface area contributed by atoms with Gasteiger partial charge < -0.3 is 14.8 Å². The lowest BCUT2D eigenvalue weighted by Crippen LogP contribution is -2.47. The third-order valence-electron chi connectivity index (χ3n) is 7.04. The molecule has 5 rings (SSSR count). The average molecular weight is 528 g/mol. The maximum atomic E-state index is 14.3. The van der Waals surface area contributed by atoms with Gasteiger partial charge in [0.05, 0.1) is 24.9 Å². The fourth-order valence-electron chi connectivity index (χ4n) is 5.23. The van der Waals surface area contributed by atoms with Crippen LogP contribution in [0.4, 0.5) is 5.69 Å². The number of aromatic nitrogens is 3.